The molecular weight excluding hydrogens is 389 g/mol. The molecule has 0 aliphatic heterocycles. The average Bonchev–Trinajstić information content (AvgIpc) is 2.52. The monoisotopic (exact) mass is 399 g/mol. The molecule has 3 N–H and O–H groups in total. The van der Waals surface area contributed by atoms with Gasteiger partial charge in [0.2, 0.25) is 5.78 Å². The summed E-state index contributed by atoms with van der Waals surface area (Å²) in [6.45, 7) is -0.798. The highest BCUT2D eigenvalue weighted by Crippen LogP contribution is 2.19. The molecule has 0 amide bonds. The third-order valence-electron chi connectivity index (χ3n) is 3.13. The summed E-state index contributed by atoms with van der Waals surface area (Å²) in [7, 11) is 1.26. The number of nitrogens with one attached hydrogen (secondary N) is 1. The van der Waals surface area contributed by atoms with Crippen LogP contribution in [0.25, 0.3) is 0 Å². The highest BCUT2D eigenvalue weighted by atomic mass is 79.9. The molecule has 0 bridgehead atoms. The molecule has 0 aliphatic carbocycles. The Labute approximate surface area is 142 Å². The van der Waals surface area contributed by atoms with Crippen molar-refractivity contribution < 1.29 is 18.7 Å². The molecule has 1 aromatic carbocycles. The quantitative estimate of drug-likeness (QED) is 0.572. The van der Waals surface area contributed by atoms with Gasteiger partial charge in [-0.05, 0) is 34.1 Å². The number of Topliss-reactive ketones (excluding diaryl/α,β-unsaturated/α-hetero) is 1. The minimum Gasteiger partial charge on any atom is -0.454 e. The smallest absolute Gasteiger partial charge is 0.339 e. The normalized spacial score (nSPS) is 10.5. The Bertz CT molecular complexity index is 950. The summed E-state index contributed by atoms with van der Waals surface area (Å²) in [4.78, 5) is 48.9. The number of nitrogen functional groups attached to an aromatic ring is 1. The van der Waals surface area contributed by atoms with Crippen LogP contribution >= 0.6 is 15.9 Å². The van der Waals surface area contributed by atoms with Crippen molar-refractivity contribution in [2.45, 2.75) is 0 Å². The minimum atomic E-state index is -0.983. The van der Waals surface area contributed by atoms with Crippen LogP contribution in [-0.2, 0) is 11.8 Å². The second-order valence-electron chi connectivity index (χ2n) is 4.70. The number of ether oxygens (including phenoxy) is 1. The van der Waals surface area contributed by atoms with Gasteiger partial charge in [0.1, 0.15) is 17.2 Å². The Balaban J connectivity index is 2.21. The van der Waals surface area contributed by atoms with E-state index in [0.29, 0.717) is 0 Å². The highest BCUT2D eigenvalue weighted by molar-refractivity contribution is 9.10. The molecule has 0 fully saturated rings. The van der Waals surface area contributed by atoms with Gasteiger partial charge in [0.15, 0.2) is 6.61 Å². The molecule has 126 valence electrons. The second-order valence-corrected chi connectivity index (χ2v) is 5.56. The number of nitrogens with two attached hydrogens (primary N) is 1. The van der Waals surface area contributed by atoms with Crippen LogP contribution in [0.2, 0.25) is 0 Å². The second kappa shape index (κ2) is 6.79. The molecule has 0 radical (unpaired) electrons. The van der Waals surface area contributed by atoms with E-state index in [2.05, 4.69) is 15.9 Å². The SMILES string of the molecule is Cn1c(N)c(C(=O)COC(=O)c2cc(F)ccc2Br)c(=O)[nH]c1=O. The number of anilines is 1. The highest BCUT2D eigenvalue weighted by Gasteiger charge is 2.21. The first-order chi connectivity index (χ1) is 11.2. The van der Waals surface area contributed by atoms with E-state index in [9.17, 15) is 23.6 Å². The topological polar surface area (TPSA) is 124 Å². The van der Waals surface area contributed by atoms with Gasteiger partial charge in [-0.1, -0.05) is 0 Å². The first-order valence-electron chi connectivity index (χ1n) is 6.46. The van der Waals surface area contributed by atoms with Crippen LogP contribution in [0.1, 0.15) is 20.7 Å². The lowest BCUT2D eigenvalue weighted by Gasteiger charge is -2.09. The van der Waals surface area contributed by atoms with Gasteiger partial charge in [0.25, 0.3) is 5.56 Å². The first-order valence-corrected chi connectivity index (χ1v) is 7.25. The molecule has 1 aromatic heterocycles. The van der Waals surface area contributed by atoms with E-state index in [1.807, 2.05) is 4.98 Å². The van der Waals surface area contributed by atoms with Gasteiger partial charge < -0.3 is 10.5 Å². The van der Waals surface area contributed by atoms with Crippen LogP contribution < -0.4 is 17.0 Å². The maximum atomic E-state index is 13.2. The van der Waals surface area contributed by atoms with Crippen LogP contribution in [0.4, 0.5) is 10.2 Å². The summed E-state index contributed by atoms with van der Waals surface area (Å²) in [6.07, 6.45) is 0. The molecule has 0 saturated heterocycles. The molecule has 8 nitrogen and oxygen atoms in total. The number of hydrogen-bond donors (Lipinski definition) is 2. The Morgan fingerprint density at radius 3 is 2.71 bits per heavy atom. The molecular formula is C14H11BrFN3O5. The fourth-order valence-corrected chi connectivity index (χ4v) is 2.25. The van der Waals surface area contributed by atoms with E-state index >= 15 is 0 Å². The predicted molar refractivity (Wildman–Crippen MR) is 85.4 cm³/mol. The number of aromatic nitrogens is 2. The molecule has 1 heterocycles. The summed E-state index contributed by atoms with van der Waals surface area (Å²) in [6, 6.07) is 3.38. The number of carbonyl (C=O) groups excluding carboxylic acids is 2. The zero-order valence-corrected chi connectivity index (χ0v) is 13.8. The van der Waals surface area contributed by atoms with Crippen LogP contribution in [0.3, 0.4) is 0 Å². The fourth-order valence-electron chi connectivity index (χ4n) is 1.84. The number of H-pyrrole nitrogens is 1. The molecule has 0 atom stereocenters. The fraction of sp³-hybridized carbons (Fsp3) is 0.143. The van der Waals surface area contributed by atoms with Crippen LogP contribution in [-0.4, -0.2) is 27.9 Å². The predicted octanol–water partition coefficient (Wildman–Crippen LogP) is 0.597. The van der Waals surface area contributed by atoms with Crippen molar-refractivity contribution in [2.24, 2.45) is 7.05 Å². The Morgan fingerprint density at radius 2 is 2.04 bits per heavy atom. The van der Waals surface area contributed by atoms with E-state index in [-0.39, 0.29) is 15.9 Å². The standard InChI is InChI=1S/C14H11BrFN3O5/c1-19-11(17)10(12(21)18-14(19)23)9(20)5-24-13(22)7-4-6(16)2-3-8(7)15/h2-4H,5,17H2,1H3,(H,18,21,23). The maximum absolute atomic E-state index is 13.2. The molecule has 2 rings (SSSR count). The minimum absolute atomic E-state index is 0.120. The lowest BCUT2D eigenvalue weighted by Crippen LogP contribution is -2.35. The molecule has 24 heavy (non-hydrogen) atoms. The summed E-state index contributed by atoms with van der Waals surface area (Å²) in [5, 5.41) is 0. The molecule has 0 saturated carbocycles. The van der Waals surface area contributed by atoms with Crippen molar-refractivity contribution in [1.82, 2.24) is 9.55 Å². The zero-order valence-electron chi connectivity index (χ0n) is 12.3. The number of halogens is 2. The van der Waals surface area contributed by atoms with Crippen molar-refractivity contribution in [1.29, 1.82) is 0 Å². The van der Waals surface area contributed by atoms with E-state index in [1.54, 1.807) is 0 Å². The Hall–Kier alpha value is -2.75. The van der Waals surface area contributed by atoms with Crippen molar-refractivity contribution >= 4 is 33.5 Å². The lowest BCUT2D eigenvalue weighted by molar-refractivity contribution is 0.0473. The van der Waals surface area contributed by atoms with E-state index < -0.39 is 41.0 Å². The maximum Gasteiger partial charge on any atom is 0.339 e. The molecule has 0 spiro atoms. The van der Waals surface area contributed by atoms with Gasteiger partial charge in [0, 0.05) is 11.5 Å². The van der Waals surface area contributed by atoms with Gasteiger partial charge in [-0.2, -0.15) is 0 Å². The first kappa shape index (κ1) is 17.6. The van der Waals surface area contributed by atoms with Crippen molar-refractivity contribution in [2.75, 3.05) is 12.3 Å². The van der Waals surface area contributed by atoms with Gasteiger partial charge in [-0.25, -0.2) is 14.0 Å². The number of carbonyl (C=O) groups is 2. The summed E-state index contributed by atoms with van der Waals surface area (Å²) >= 11 is 3.06. The van der Waals surface area contributed by atoms with Gasteiger partial charge in [-0.15, -0.1) is 0 Å². The molecule has 0 aliphatic rings. The van der Waals surface area contributed by atoms with E-state index in [4.69, 9.17) is 10.5 Å². The number of ketones is 1. The number of esters is 1. The van der Waals surface area contributed by atoms with Crippen molar-refractivity contribution in [3.63, 3.8) is 0 Å². The Morgan fingerprint density at radius 1 is 1.38 bits per heavy atom. The van der Waals surface area contributed by atoms with Crippen molar-refractivity contribution in [3.8, 4) is 0 Å². The summed E-state index contributed by atoms with van der Waals surface area (Å²) in [5.41, 5.74) is 3.19. The Kier molecular flexibility index (Phi) is 4.98. The summed E-state index contributed by atoms with van der Waals surface area (Å²) in [5.74, 6) is -2.87. The third kappa shape index (κ3) is 3.43. The van der Waals surface area contributed by atoms with Crippen molar-refractivity contribution in [3.05, 3.63) is 60.5 Å². The van der Waals surface area contributed by atoms with Crippen LogP contribution in [0, 0.1) is 5.82 Å². The molecule has 0 unspecified atom stereocenters. The van der Waals surface area contributed by atoms with Gasteiger partial charge in [-0.3, -0.25) is 19.1 Å². The van der Waals surface area contributed by atoms with Gasteiger partial charge >= 0.3 is 11.7 Å². The zero-order chi connectivity index (χ0) is 18.0. The van der Waals surface area contributed by atoms with Gasteiger partial charge in [0.05, 0.1) is 5.56 Å². The van der Waals surface area contributed by atoms with E-state index in [1.165, 1.54) is 13.1 Å². The third-order valence-corrected chi connectivity index (χ3v) is 3.82. The lowest BCUT2D eigenvalue weighted by atomic mass is 10.2. The van der Waals surface area contributed by atoms with E-state index in [0.717, 1.165) is 16.7 Å². The number of benzene rings is 1. The average molecular weight is 400 g/mol. The number of aromatic amines is 1. The largest absolute Gasteiger partial charge is 0.454 e. The number of hydrogen-bond acceptors (Lipinski definition) is 6. The number of rotatable bonds is 4. The summed E-state index contributed by atoms with van der Waals surface area (Å²) < 4.78 is 19.1. The molecule has 10 heteroatoms. The van der Waals surface area contributed by atoms with Crippen LogP contribution in [0.5, 0.6) is 0 Å². The van der Waals surface area contributed by atoms with Crippen LogP contribution in [0.15, 0.2) is 32.3 Å². The number of nitrogens with zero attached hydrogens (tertiary/aromatic N) is 1. The molecule has 2 aromatic rings.